The summed E-state index contributed by atoms with van der Waals surface area (Å²) in [4.78, 5) is 11.7. The lowest BCUT2D eigenvalue weighted by molar-refractivity contribution is -0.123. The number of nitrogens with one attached hydrogen (secondary N) is 2. The second-order valence-electron chi connectivity index (χ2n) is 4.67. The molecule has 0 aliphatic heterocycles. The summed E-state index contributed by atoms with van der Waals surface area (Å²) in [5.74, 6) is -0.225. The predicted molar refractivity (Wildman–Crippen MR) is 65.9 cm³/mol. The van der Waals surface area contributed by atoms with E-state index in [2.05, 4.69) is 10.0 Å². The van der Waals surface area contributed by atoms with Crippen molar-refractivity contribution in [3.05, 3.63) is 0 Å². The Labute approximate surface area is 103 Å². The highest BCUT2D eigenvalue weighted by atomic mass is 32.2. The molecule has 0 aliphatic rings. The molecule has 0 aliphatic carbocycles. The summed E-state index contributed by atoms with van der Waals surface area (Å²) in [6.07, 6.45) is 0.776. The van der Waals surface area contributed by atoms with Crippen molar-refractivity contribution in [3.8, 4) is 0 Å². The molecule has 17 heavy (non-hydrogen) atoms. The molecule has 0 bridgehead atoms. The third-order valence-corrected chi connectivity index (χ3v) is 2.66. The van der Waals surface area contributed by atoms with Gasteiger partial charge in [0.25, 0.3) is 0 Å². The van der Waals surface area contributed by atoms with E-state index < -0.39 is 28.1 Å². The number of amides is 1. The second-order valence-corrected chi connectivity index (χ2v) is 6.45. The van der Waals surface area contributed by atoms with Crippen molar-refractivity contribution in [3.63, 3.8) is 0 Å². The molecule has 0 aromatic rings. The van der Waals surface area contributed by atoms with Crippen LogP contribution in [0.2, 0.25) is 0 Å². The van der Waals surface area contributed by atoms with Crippen molar-refractivity contribution >= 4 is 15.9 Å². The normalized spacial score (nSPS) is 15.6. The van der Waals surface area contributed by atoms with E-state index in [4.69, 9.17) is 5.11 Å². The molecule has 3 N–H and O–H groups in total. The summed E-state index contributed by atoms with van der Waals surface area (Å²) in [6, 6.07) is -0.788. The number of sulfonamides is 1. The highest BCUT2D eigenvalue weighted by Crippen LogP contribution is 2.05. The van der Waals surface area contributed by atoms with Gasteiger partial charge in [0.15, 0.2) is 0 Å². The molecule has 0 radical (unpaired) electrons. The van der Waals surface area contributed by atoms with Gasteiger partial charge in [-0.15, -0.1) is 0 Å². The molecule has 0 saturated heterocycles. The van der Waals surface area contributed by atoms with Gasteiger partial charge in [-0.05, 0) is 19.3 Å². The standard InChI is InChI=1S/C10H22N2O4S/c1-7(2)5-9(12-17(4,15)16)10(14)11-6-8(3)13/h7-9,12-13H,5-6H2,1-4H3,(H,11,14). The first-order valence-electron chi connectivity index (χ1n) is 5.55. The first-order chi connectivity index (χ1) is 7.61. The molecule has 0 aromatic heterocycles. The van der Waals surface area contributed by atoms with Crippen LogP contribution in [0.25, 0.3) is 0 Å². The van der Waals surface area contributed by atoms with E-state index in [9.17, 15) is 13.2 Å². The lowest BCUT2D eigenvalue weighted by atomic mass is 10.0. The monoisotopic (exact) mass is 266 g/mol. The van der Waals surface area contributed by atoms with Crippen LogP contribution in [-0.2, 0) is 14.8 Å². The highest BCUT2D eigenvalue weighted by molar-refractivity contribution is 7.88. The SMILES string of the molecule is CC(C)CC(NS(C)(=O)=O)C(=O)NCC(C)O. The Balaban J connectivity index is 4.51. The van der Waals surface area contributed by atoms with Gasteiger partial charge < -0.3 is 10.4 Å². The number of carbonyl (C=O) groups is 1. The van der Waals surface area contributed by atoms with E-state index in [0.717, 1.165) is 6.26 Å². The Morgan fingerprint density at radius 3 is 2.18 bits per heavy atom. The Hall–Kier alpha value is -0.660. The maximum absolute atomic E-state index is 11.7. The van der Waals surface area contributed by atoms with Crippen molar-refractivity contribution in [1.29, 1.82) is 0 Å². The molecular weight excluding hydrogens is 244 g/mol. The van der Waals surface area contributed by atoms with Crippen LogP contribution in [0, 0.1) is 5.92 Å². The van der Waals surface area contributed by atoms with E-state index in [-0.39, 0.29) is 12.5 Å². The quantitative estimate of drug-likeness (QED) is 0.576. The summed E-state index contributed by atoms with van der Waals surface area (Å²) < 4.78 is 24.5. The number of hydrogen-bond acceptors (Lipinski definition) is 4. The number of aliphatic hydroxyl groups is 1. The zero-order chi connectivity index (χ0) is 13.6. The molecule has 1 amide bonds. The molecule has 2 atom stereocenters. The van der Waals surface area contributed by atoms with Crippen molar-refractivity contribution in [2.75, 3.05) is 12.8 Å². The van der Waals surface area contributed by atoms with Gasteiger partial charge in [-0.2, -0.15) is 0 Å². The van der Waals surface area contributed by atoms with Gasteiger partial charge in [0.2, 0.25) is 15.9 Å². The molecule has 6 nitrogen and oxygen atoms in total. The van der Waals surface area contributed by atoms with Gasteiger partial charge in [-0.3, -0.25) is 4.79 Å². The summed E-state index contributed by atoms with van der Waals surface area (Å²) in [5.41, 5.74) is 0. The molecule has 0 aromatic carbocycles. The Kier molecular flexibility index (Phi) is 6.66. The number of rotatable bonds is 7. The van der Waals surface area contributed by atoms with Gasteiger partial charge in [0.1, 0.15) is 6.04 Å². The average molecular weight is 266 g/mol. The van der Waals surface area contributed by atoms with Gasteiger partial charge >= 0.3 is 0 Å². The zero-order valence-corrected chi connectivity index (χ0v) is 11.5. The third-order valence-electron chi connectivity index (χ3n) is 1.95. The number of aliphatic hydroxyl groups excluding tert-OH is 1. The molecule has 0 rings (SSSR count). The fourth-order valence-corrected chi connectivity index (χ4v) is 2.03. The first kappa shape index (κ1) is 16.3. The molecule has 0 heterocycles. The Morgan fingerprint density at radius 1 is 1.29 bits per heavy atom. The van der Waals surface area contributed by atoms with Crippen LogP contribution in [0.3, 0.4) is 0 Å². The zero-order valence-electron chi connectivity index (χ0n) is 10.7. The first-order valence-corrected chi connectivity index (χ1v) is 7.44. The van der Waals surface area contributed by atoms with E-state index in [1.807, 2.05) is 13.8 Å². The minimum Gasteiger partial charge on any atom is -0.392 e. The van der Waals surface area contributed by atoms with Crippen LogP contribution < -0.4 is 10.0 Å². The third kappa shape index (κ3) is 9.08. The highest BCUT2D eigenvalue weighted by Gasteiger charge is 2.22. The predicted octanol–water partition coefficient (Wildman–Crippen LogP) is -0.553. The molecule has 0 saturated carbocycles. The smallest absolute Gasteiger partial charge is 0.238 e. The van der Waals surface area contributed by atoms with Crippen molar-refractivity contribution in [1.82, 2.24) is 10.0 Å². The molecule has 0 fully saturated rings. The van der Waals surface area contributed by atoms with Crippen molar-refractivity contribution in [2.45, 2.75) is 39.3 Å². The van der Waals surface area contributed by atoms with E-state index in [1.54, 1.807) is 6.92 Å². The second kappa shape index (κ2) is 6.93. The van der Waals surface area contributed by atoms with Crippen LogP contribution in [0.1, 0.15) is 27.2 Å². The lowest BCUT2D eigenvalue weighted by Crippen LogP contribution is -2.48. The summed E-state index contributed by atoms with van der Waals surface area (Å²) >= 11 is 0. The van der Waals surface area contributed by atoms with Crippen LogP contribution in [0.4, 0.5) is 0 Å². The minimum atomic E-state index is -3.43. The largest absolute Gasteiger partial charge is 0.392 e. The number of hydrogen-bond donors (Lipinski definition) is 3. The number of carbonyl (C=O) groups excluding carboxylic acids is 1. The average Bonchev–Trinajstić information content (AvgIpc) is 2.09. The van der Waals surface area contributed by atoms with Crippen LogP contribution >= 0.6 is 0 Å². The van der Waals surface area contributed by atoms with E-state index in [0.29, 0.717) is 6.42 Å². The van der Waals surface area contributed by atoms with Gasteiger partial charge in [0, 0.05) is 6.54 Å². The van der Waals surface area contributed by atoms with Gasteiger partial charge in [0.05, 0.1) is 12.4 Å². The summed E-state index contributed by atoms with van der Waals surface area (Å²) in [6.45, 7) is 5.46. The van der Waals surface area contributed by atoms with Gasteiger partial charge in [-0.25, -0.2) is 13.1 Å². The fourth-order valence-electron chi connectivity index (χ4n) is 1.31. The summed E-state index contributed by atoms with van der Waals surface area (Å²) in [7, 11) is -3.43. The fraction of sp³-hybridized carbons (Fsp3) is 0.900. The molecule has 7 heteroatoms. The Bertz CT molecular complexity index is 338. The van der Waals surface area contributed by atoms with E-state index >= 15 is 0 Å². The minimum absolute atomic E-state index is 0.110. The molecule has 2 unspecified atom stereocenters. The van der Waals surface area contributed by atoms with Crippen LogP contribution in [0.5, 0.6) is 0 Å². The van der Waals surface area contributed by atoms with Crippen LogP contribution in [0.15, 0.2) is 0 Å². The van der Waals surface area contributed by atoms with Crippen molar-refractivity contribution < 1.29 is 18.3 Å². The maximum Gasteiger partial charge on any atom is 0.238 e. The van der Waals surface area contributed by atoms with Crippen LogP contribution in [-0.4, -0.2) is 44.4 Å². The van der Waals surface area contributed by atoms with Crippen molar-refractivity contribution in [2.24, 2.45) is 5.92 Å². The van der Waals surface area contributed by atoms with Gasteiger partial charge in [-0.1, -0.05) is 13.8 Å². The summed E-state index contributed by atoms with van der Waals surface area (Å²) in [5, 5.41) is 11.5. The molecular formula is C10H22N2O4S. The molecule has 0 spiro atoms. The molecule has 102 valence electrons. The van der Waals surface area contributed by atoms with E-state index in [1.165, 1.54) is 0 Å². The lowest BCUT2D eigenvalue weighted by Gasteiger charge is -2.19. The Morgan fingerprint density at radius 2 is 1.82 bits per heavy atom. The topological polar surface area (TPSA) is 95.5 Å². The maximum atomic E-state index is 11.7.